The molecule has 3 rings (SSSR count). The van der Waals surface area contributed by atoms with Crippen molar-refractivity contribution in [2.45, 2.75) is 75.0 Å². The second-order valence-corrected chi connectivity index (χ2v) is 10.4. The van der Waals surface area contributed by atoms with Gasteiger partial charge in [-0.2, -0.15) is 0 Å². The minimum Gasteiger partial charge on any atom is -0.381 e. The zero-order valence-corrected chi connectivity index (χ0v) is 17.4. The van der Waals surface area contributed by atoms with E-state index in [0.29, 0.717) is 0 Å². The van der Waals surface area contributed by atoms with Gasteiger partial charge in [-0.25, -0.2) is 13.1 Å². The Bertz CT molecular complexity index is 769. The largest absolute Gasteiger partial charge is 0.381 e. The normalized spacial score (nSPS) is 25.6. The highest BCUT2D eigenvalue weighted by molar-refractivity contribution is 7.89. The van der Waals surface area contributed by atoms with Crippen LogP contribution in [0, 0.1) is 0 Å². The predicted octanol–water partition coefficient (Wildman–Crippen LogP) is 2.43. The minimum atomic E-state index is -3.71. The summed E-state index contributed by atoms with van der Waals surface area (Å²) in [5.41, 5.74) is 1.02. The summed E-state index contributed by atoms with van der Waals surface area (Å²) in [7, 11) is -2.00. The number of amides is 1. The van der Waals surface area contributed by atoms with Crippen molar-refractivity contribution in [2.75, 3.05) is 13.7 Å². The number of benzene rings is 1. The SMILES string of the molecule is COC1CC2CCC(C1)N2C(=O)CNS(=O)(=O)c1ccc(C(C)(C)C)cc1. The molecule has 2 bridgehead atoms. The van der Waals surface area contributed by atoms with Crippen LogP contribution >= 0.6 is 0 Å². The van der Waals surface area contributed by atoms with Crippen LogP contribution in [0.1, 0.15) is 52.0 Å². The highest BCUT2D eigenvalue weighted by Crippen LogP contribution is 2.36. The molecule has 1 aromatic carbocycles. The molecule has 1 amide bonds. The molecule has 2 unspecified atom stereocenters. The Morgan fingerprint density at radius 3 is 2.19 bits per heavy atom. The molecule has 2 aliphatic rings. The maximum atomic E-state index is 12.7. The van der Waals surface area contributed by atoms with Crippen molar-refractivity contribution in [3.05, 3.63) is 29.8 Å². The molecule has 2 fully saturated rings. The van der Waals surface area contributed by atoms with Crippen LogP contribution in [-0.4, -0.2) is 51.1 Å². The first-order chi connectivity index (χ1) is 12.6. The van der Waals surface area contributed by atoms with E-state index in [1.165, 1.54) is 0 Å². The zero-order chi connectivity index (χ0) is 19.8. The van der Waals surface area contributed by atoms with Crippen LogP contribution in [0.5, 0.6) is 0 Å². The monoisotopic (exact) mass is 394 g/mol. The van der Waals surface area contributed by atoms with E-state index in [0.717, 1.165) is 31.2 Å². The summed E-state index contributed by atoms with van der Waals surface area (Å²) < 4.78 is 33.0. The number of methoxy groups -OCH3 is 1. The number of carbonyl (C=O) groups excluding carboxylic acids is 1. The molecule has 2 atom stereocenters. The number of ether oxygens (including phenoxy) is 1. The van der Waals surface area contributed by atoms with E-state index in [1.54, 1.807) is 19.2 Å². The van der Waals surface area contributed by atoms with Crippen molar-refractivity contribution in [3.8, 4) is 0 Å². The van der Waals surface area contributed by atoms with Crippen LogP contribution in [0.25, 0.3) is 0 Å². The maximum absolute atomic E-state index is 12.7. The molecule has 2 saturated heterocycles. The van der Waals surface area contributed by atoms with Crippen LogP contribution in [0.15, 0.2) is 29.2 Å². The second-order valence-electron chi connectivity index (χ2n) is 8.61. The van der Waals surface area contributed by atoms with Gasteiger partial charge in [0.25, 0.3) is 0 Å². The molecule has 0 radical (unpaired) electrons. The predicted molar refractivity (Wildman–Crippen MR) is 104 cm³/mol. The fraction of sp³-hybridized carbons (Fsp3) is 0.650. The molecule has 150 valence electrons. The first kappa shape index (κ1) is 20.3. The third kappa shape index (κ3) is 4.36. The van der Waals surface area contributed by atoms with E-state index in [9.17, 15) is 13.2 Å². The Morgan fingerprint density at radius 1 is 1.15 bits per heavy atom. The molecular weight excluding hydrogens is 364 g/mol. The van der Waals surface area contributed by atoms with Crippen molar-refractivity contribution in [2.24, 2.45) is 0 Å². The van der Waals surface area contributed by atoms with Gasteiger partial charge < -0.3 is 9.64 Å². The molecular formula is C20H30N2O4S. The third-order valence-corrected chi connectivity index (χ3v) is 7.17. The molecule has 0 aromatic heterocycles. The van der Waals surface area contributed by atoms with Gasteiger partial charge in [0.2, 0.25) is 15.9 Å². The standard InChI is InChI=1S/C20H30N2O4S/c1-20(2,3)14-5-9-18(10-6-14)27(24,25)21-13-19(23)22-15-7-8-16(22)12-17(11-15)26-4/h5-6,9-10,15-17,21H,7-8,11-13H2,1-4H3. The highest BCUT2D eigenvalue weighted by atomic mass is 32.2. The molecule has 0 spiro atoms. The van der Waals surface area contributed by atoms with Crippen LogP contribution < -0.4 is 4.72 Å². The summed E-state index contributed by atoms with van der Waals surface area (Å²) in [6, 6.07) is 7.18. The summed E-state index contributed by atoms with van der Waals surface area (Å²) >= 11 is 0. The molecule has 2 aliphatic heterocycles. The molecule has 1 aromatic rings. The van der Waals surface area contributed by atoms with E-state index in [-0.39, 0.29) is 41.0 Å². The Hall–Kier alpha value is -1.44. The van der Waals surface area contributed by atoms with Crippen molar-refractivity contribution in [3.63, 3.8) is 0 Å². The van der Waals surface area contributed by atoms with Gasteiger partial charge in [-0.1, -0.05) is 32.9 Å². The maximum Gasteiger partial charge on any atom is 0.241 e. The van der Waals surface area contributed by atoms with Crippen LogP contribution in [0.4, 0.5) is 0 Å². The Kier molecular flexibility index (Phi) is 5.66. The van der Waals surface area contributed by atoms with E-state index < -0.39 is 10.0 Å². The van der Waals surface area contributed by atoms with E-state index in [1.807, 2.05) is 17.0 Å². The topological polar surface area (TPSA) is 75.7 Å². The lowest BCUT2D eigenvalue weighted by atomic mass is 9.87. The number of rotatable bonds is 5. The van der Waals surface area contributed by atoms with Gasteiger partial charge in [0.15, 0.2) is 0 Å². The zero-order valence-electron chi connectivity index (χ0n) is 16.6. The number of nitrogens with one attached hydrogen (secondary N) is 1. The van der Waals surface area contributed by atoms with Crippen molar-refractivity contribution in [1.29, 1.82) is 0 Å². The van der Waals surface area contributed by atoms with E-state index >= 15 is 0 Å². The summed E-state index contributed by atoms with van der Waals surface area (Å²) in [6.45, 7) is 6.03. The van der Waals surface area contributed by atoms with Gasteiger partial charge in [0, 0.05) is 19.2 Å². The lowest BCUT2D eigenvalue weighted by Crippen LogP contribution is -2.51. The molecule has 1 N–H and O–H groups in total. The molecule has 0 aliphatic carbocycles. The fourth-order valence-corrected chi connectivity index (χ4v) is 5.17. The highest BCUT2D eigenvalue weighted by Gasteiger charge is 2.43. The summed E-state index contributed by atoms with van der Waals surface area (Å²) in [6.07, 6.45) is 3.80. The minimum absolute atomic E-state index is 0.0424. The lowest BCUT2D eigenvalue weighted by molar-refractivity contribution is -0.136. The number of carbonyl (C=O) groups is 1. The summed E-state index contributed by atoms with van der Waals surface area (Å²) in [5, 5.41) is 0. The van der Waals surface area contributed by atoms with Gasteiger partial charge >= 0.3 is 0 Å². The van der Waals surface area contributed by atoms with Crippen molar-refractivity contribution in [1.82, 2.24) is 9.62 Å². The summed E-state index contributed by atoms with van der Waals surface area (Å²) in [5.74, 6) is -0.146. The van der Waals surface area contributed by atoms with Crippen LogP contribution in [0.3, 0.4) is 0 Å². The van der Waals surface area contributed by atoms with Gasteiger partial charge in [-0.15, -0.1) is 0 Å². The quantitative estimate of drug-likeness (QED) is 0.832. The van der Waals surface area contributed by atoms with Crippen molar-refractivity contribution >= 4 is 15.9 Å². The second kappa shape index (κ2) is 7.53. The molecule has 6 nitrogen and oxygen atoms in total. The number of hydrogen-bond acceptors (Lipinski definition) is 4. The molecule has 27 heavy (non-hydrogen) atoms. The Morgan fingerprint density at radius 2 is 1.70 bits per heavy atom. The summed E-state index contributed by atoms with van der Waals surface area (Å²) in [4.78, 5) is 14.7. The van der Waals surface area contributed by atoms with Crippen LogP contribution in [-0.2, 0) is 25.0 Å². The number of nitrogens with zero attached hydrogens (tertiary/aromatic N) is 1. The molecule has 2 heterocycles. The molecule has 0 saturated carbocycles. The average molecular weight is 395 g/mol. The lowest BCUT2D eigenvalue weighted by Gasteiger charge is -2.38. The Labute approximate surface area is 162 Å². The van der Waals surface area contributed by atoms with E-state index in [2.05, 4.69) is 25.5 Å². The third-order valence-electron chi connectivity index (χ3n) is 5.76. The fourth-order valence-electron chi connectivity index (χ4n) is 4.19. The van der Waals surface area contributed by atoms with Crippen molar-refractivity contribution < 1.29 is 17.9 Å². The first-order valence-electron chi connectivity index (χ1n) is 9.56. The van der Waals surface area contributed by atoms with Gasteiger partial charge in [-0.3, -0.25) is 4.79 Å². The number of fused-ring (bicyclic) bond motifs is 2. The van der Waals surface area contributed by atoms with Crippen LogP contribution in [0.2, 0.25) is 0 Å². The first-order valence-corrected chi connectivity index (χ1v) is 11.0. The van der Waals surface area contributed by atoms with Gasteiger partial charge in [0.1, 0.15) is 0 Å². The Balaban J connectivity index is 1.63. The molecule has 7 heteroatoms. The smallest absolute Gasteiger partial charge is 0.241 e. The average Bonchev–Trinajstić information content (AvgIpc) is 2.89. The van der Waals surface area contributed by atoms with Gasteiger partial charge in [-0.05, 0) is 48.8 Å². The number of hydrogen-bond donors (Lipinski definition) is 1. The van der Waals surface area contributed by atoms with Gasteiger partial charge in [0.05, 0.1) is 17.5 Å². The number of piperidine rings is 1. The number of sulfonamides is 1. The van der Waals surface area contributed by atoms with E-state index in [4.69, 9.17) is 4.74 Å².